The number of nitriles is 1. The zero-order valence-electron chi connectivity index (χ0n) is 19.4. The summed E-state index contributed by atoms with van der Waals surface area (Å²) in [5.74, 6) is -4.10. The van der Waals surface area contributed by atoms with Gasteiger partial charge in [-0.15, -0.1) is 0 Å². The predicted molar refractivity (Wildman–Crippen MR) is 112 cm³/mol. The molecule has 0 spiro atoms. The minimum absolute atomic E-state index is 0.0276. The number of halogens is 3. The van der Waals surface area contributed by atoms with Gasteiger partial charge in [0.25, 0.3) is 0 Å². The average molecular weight is 486 g/mol. The highest BCUT2D eigenvalue weighted by Gasteiger charge is 2.54. The van der Waals surface area contributed by atoms with Crippen LogP contribution in [0.1, 0.15) is 52.9 Å². The zero-order valence-corrected chi connectivity index (χ0v) is 19.4. The molecular weight excluding hydrogens is 455 g/mol. The SMILES string of the molecule is CC(C)(C)[C@H](NC(=O)C(F)(F)F)C(=O)N1C2CC[C@@H]2C[C@H]1C(=O)N[C@H](C#N)CC1CCNC1=O. The number of nitrogens with one attached hydrogen (secondary N) is 3. The van der Waals surface area contributed by atoms with E-state index < -0.39 is 53.4 Å². The number of carbonyl (C=O) groups excluding carboxylic acids is 4. The summed E-state index contributed by atoms with van der Waals surface area (Å²) in [6, 6.07) is -1.74. The molecule has 0 aromatic heterocycles. The van der Waals surface area contributed by atoms with E-state index in [-0.39, 0.29) is 24.3 Å². The Kier molecular flexibility index (Phi) is 7.15. The molecule has 0 aromatic carbocycles. The molecule has 0 radical (unpaired) electrons. The molecular formula is C22H30F3N5O4. The van der Waals surface area contributed by atoms with Gasteiger partial charge in [0, 0.05) is 18.5 Å². The number of rotatable bonds is 6. The van der Waals surface area contributed by atoms with Crippen LogP contribution < -0.4 is 16.0 Å². The quantitative estimate of drug-likeness (QED) is 0.517. The van der Waals surface area contributed by atoms with Gasteiger partial charge in [-0.1, -0.05) is 20.8 Å². The lowest BCUT2D eigenvalue weighted by atomic mass is 9.79. The summed E-state index contributed by atoms with van der Waals surface area (Å²) in [5, 5.41) is 16.6. The monoisotopic (exact) mass is 485 g/mol. The molecule has 3 fully saturated rings. The fourth-order valence-corrected chi connectivity index (χ4v) is 4.95. The molecule has 4 amide bonds. The van der Waals surface area contributed by atoms with Gasteiger partial charge < -0.3 is 20.9 Å². The summed E-state index contributed by atoms with van der Waals surface area (Å²) in [7, 11) is 0. The van der Waals surface area contributed by atoms with Crippen molar-refractivity contribution in [2.45, 2.75) is 83.2 Å². The molecule has 1 aliphatic carbocycles. The van der Waals surface area contributed by atoms with Crippen LogP contribution in [0, 0.1) is 28.6 Å². The average Bonchev–Trinajstić information content (AvgIpc) is 3.22. The highest BCUT2D eigenvalue weighted by Crippen LogP contribution is 2.44. The van der Waals surface area contributed by atoms with Gasteiger partial charge in [-0.2, -0.15) is 18.4 Å². The summed E-state index contributed by atoms with van der Waals surface area (Å²) in [4.78, 5) is 51.4. The first-order chi connectivity index (χ1) is 15.7. The second-order valence-corrected chi connectivity index (χ2v) is 10.4. The Bertz CT molecular complexity index is 894. The summed E-state index contributed by atoms with van der Waals surface area (Å²) >= 11 is 0. The first-order valence-electron chi connectivity index (χ1n) is 11.4. The molecule has 3 aliphatic rings. The van der Waals surface area contributed by atoms with Crippen molar-refractivity contribution in [3.63, 3.8) is 0 Å². The lowest BCUT2D eigenvalue weighted by Gasteiger charge is -2.41. The van der Waals surface area contributed by atoms with Crippen molar-refractivity contribution in [1.82, 2.24) is 20.9 Å². The molecule has 9 nitrogen and oxygen atoms in total. The van der Waals surface area contributed by atoms with E-state index in [1.807, 2.05) is 11.4 Å². The van der Waals surface area contributed by atoms with Gasteiger partial charge in [0.05, 0.1) is 6.07 Å². The van der Waals surface area contributed by atoms with E-state index >= 15 is 0 Å². The van der Waals surface area contributed by atoms with Gasteiger partial charge in [0.1, 0.15) is 18.1 Å². The van der Waals surface area contributed by atoms with Crippen LogP contribution >= 0.6 is 0 Å². The Morgan fingerprint density at radius 2 is 1.85 bits per heavy atom. The minimum atomic E-state index is -5.16. The molecule has 6 atom stereocenters. The molecule has 188 valence electrons. The standard InChI is InChI=1S/C22H30F3N5O4/c1-21(2,3)16(29-20(34)22(23,24)25)19(33)30-14-5-4-11(14)9-15(30)18(32)28-13(10-26)8-12-6-7-27-17(12)31/h11-16H,4-9H2,1-3H3,(H,27,31)(H,28,32)(H,29,34)/t11-,12?,13+,14?,15+,16-/m1/s1. The topological polar surface area (TPSA) is 131 Å². The molecule has 2 unspecified atom stereocenters. The van der Waals surface area contributed by atoms with Crippen LogP contribution in [0.5, 0.6) is 0 Å². The van der Waals surface area contributed by atoms with Crippen molar-refractivity contribution in [2.24, 2.45) is 17.3 Å². The van der Waals surface area contributed by atoms with Crippen LogP contribution in [0.2, 0.25) is 0 Å². The van der Waals surface area contributed by atoms with Gasteiger partial charge in [-0.25, -0.2) is 0 Å². The normalized spacial score (nSPS) is 28.1. The van der Waals surface area contributed by atoms with Gasteiger partial charge in [0.2, 0.25) is 17.7 Å². The van der Waals surface area contributed by atoms with Crippen molar-refractivity contribution in [2.75, 3.05) is 6.54 Å². The Morgan fingerprint density at radius 1 is 1.18 bits per heavy atom. The van der Waals surface area contributed by atoms with Crippen molar-refractivity contribution in [3.05, 3.63) is 0 Å². The first kappa shape index (κ1) is 25.8. The van der Waals surface area contributed by atoms with Gasteiger partial charge in [0.15, 0.2) is 0 Å². The maximum absolute atomic E-state index is 13.5. The Morgan fingerprint density at radius 3 is 2.32 bits per heavy atom. The number of carbonyl (C=O) groups is 4. The first-order valence-corrected chi connectivity index (χ1v) is 11.4. The summed E-state index contributed by atoms with van der Waals surface area (Å²) in [6.45, 7) is 5.11. The molecule has 1 saturated carbocycles. The third kappa shape index (κ3) is 5.28. The third-order valence-corrected chi connectivity index (χ3v) is 6.95. The van der Waals surface area contributed by atoms with Crippen molar-refractivity contribution in [3.8, 4) is 6.07 Å². The van der Waals surface area contributed by atoms with E-state index in [2.05, 4.69) is 10.6 Å². The van der Waals surface area contributed by atoms with Crippen LogP contribution in [0.25, 0.3) is 0 Å². The van der Waals surface area contributed by atoms with Crippen LogP contribution in [-0.2, 0) is 19.2 Å². The van der Waals surface area contributed by atoms with Crippen LogP contribution in [0.3, 0.4) is 0 Å². The molecule has 3 N–H and O–H groups in total. The highest BCUT2D eigenvalue weighted by atomic mass is 19.4. The smallest absolute Gasteiger partial charge is 0.356 e. The maximum atomic E-state index is 13.5. The number of nitrogens with zero attached hydrogens (tertiary/aromatic N) is 2. The molecule has 34 heavy (non-hydrogen) atoms. The Balaban J connectivity index is 1.77. The molecule has 12 heteroatoms. The lowest BCUT2D eigenvalue weighted by molar-refractivity contribution is -0.176. The van der Waals surface area contributed by atoms with Crippen molar-refractivity contribution < 1.29 is 32.3 Å². The van der Waals surface area contributed by atoms with E-state index in [4.69, 9.17) is 0 Å². The van der Waals surface area contributed by atoms with E-state index in [9.17, 15) is 37.6 Å². The molecule has 2 aliphatic heterocycles. The van der Waals surface area contributed by atoms with Crippen molar-refractivity contribution >= 4 is 23.6 Å². The minimum Gasteiger partial charge on any atom is -0.356 e. The fourth-order valence-electron chi connectivity index (χ4n) is 4.95. The highest BCUT2D eigenvalue weighted by molar-refractivity contribution is 5.94. The lowest BCUT2D eigenvalue weighted by Crippen LogP contribution is -2.61. The number of amides is 4. The molecule has 3 rings (SSSR count). The van der Waals surface area contributed by atoms with E-state index in [1.165, 1.54) is 25.7 Å². The van der Waals surface area contributed by atoms with E-state index in [1.54, 1.807) is 0 Å². The second kappa shape index (κ2) is 9.43. The number of hydrogen-bond donors (Lipinski definition) is 3. The van der Waals surface area contributed by atoms with E-state index in [0.29, 0.717) is 25.8 Å². The van der Waals surface area contributed by atoms with Gasteiger partial charge in [-0.3, -0.25) is 19.2 Å². The van der Waals surface area contributed by atoms with Crippen LogP contribution in [0.15, 0.2) is 0 Å². The zero-order chi connectivity index (χ0) is 25.4. The summed E-state index contributed by atoms with van der Waals surface area (Å²) in [5.41, 5.74) is -1.05. The number of likely N-dealkylation sites (tertiary alicyclic amines) is 1. The largest absolute Gasteiger partial charge is 0.471 e. The molecule has 0 aromatic rings. The number of fused-ring (bicyclic) bond motifs is 1. The third-order valence-electron chi connectivity index (χ3n) is 6.95. The fraction of sp³-hybridized carbons (Fsp3) is 0.773. The van der Waals surface area contributed by atoms with Crippen molar-refractivity contribution in [1.29, 1.82) is 5.26 Å². The number of hydrogen-bond acceptors (Lipinski definition) is 5. The second-order valence-electron chi connectivity index (χ2n) is 10.4. The molecule has 0 bridgehead atoms. The predicted octanol–water partition coefficient (Wildman–Crippen LogP) is 0.994. The Hall–Kier alpha value is -2.84. The maximum Gasteiger partial charge on any atom is 0.471 e. The van der Waals surface area contributed by atoms with Gasteiger partial charge >= 0.3 is 12.1 Å². The van der Waals surface area contributed by atoms with Gasteiger partial charge in [-0.05, 0) is 43.4 Å². The van der Waals surface area contributed by atoms with Crippen LogP contribution in [0.4, 0.5) is 13.2 Å². The molecule has 2 heterocycles. The summed E-state index contributed by atoms with van der Waals surface area (Å²) in [6.07, 6.45) is -2.76. The van der Waals surface area contributed by atoms with Crippen LogP contribution in [-0.4, -0.2) is 65.4 Å². The molecule has 2 saturated heterocycles. The Labute approximate surface area is 195 Å². The summed E-state index contributed by atoms with van der Waals surface area (Å²) < 4.78 is 38.7. The number of alkyl halides is 3. The van der Waals surface area contributed by atoms with E-state index in [0.717, 1.165) is 6.42 Å².